The Hall–Kier alpha value is -3.43. The van der Waals surface area contributed by atoms with Gasteiger partial charge in [0.05, 0.1) is 32.5 Å². The Morgan fingerprint density at radius 1 is 0.931 bits per heavy atom. The van der Waals surface area contributed by atoms with Crippen molar-refractivity contribution in [3.8, 4) is 17.2 Å². The van der Waals surface area contributed by atoms with Crippen LogP contribution in [0.15, 0.2) is 36.4 Å². The summed E-state index contributed by atoms with van der Waals surface area (Å²) in [6.45, 7) is -0.642. The fourth-order valence-electron chi connectivity index (χ4n) is 2.35. The van der Waals surface area contributed by atoms with Crippen LogP contribution in [0.25, 0.3) is 0 Å². The minimum absolute atomic E-state index is 0.0573. The van der Waals surface area contributed by atoms with Gasteiger partial charge in [-0.05, 0) is 36.4 Å². The Labute approximate surface area is 164 Å². The van der Waals surface area contributed by atoms with Crippen molar-refractivity contribution >= 4 is 17.6 Å². The van der Waals surface area contributed by atoms with E-state index in [9.17, 15) is 22.8 Å². The number of nitrogens with one attached hydrogen (secondary N) is 1. The molecule has 0 aliphatic heterocycles. The topological polar surface area (TPSA) is 83.1 Å². The molecule has 2 aromatic carbocycles. The van der Waals surface area contributed by atoms with Crippen LogP contribution in [0.5, 0.6) is 17.2 Å². The molecule has 0 saturated heterocycles. The number of amides is 1. The number of benzene rings is 2. The summed E-state index contributed by atoms with van der Waals surface area (Å²) in [6, 6.07) is 6.58. The molecule has 0 heterocycles. The number of halogens is 3. The molecule has 0 unspecified atom stereocenters. The molecule has 0 aliphatic carbocycles. The Balaban J connectivity index is 2.00. The summed E-state index contributed by atoms with van der Waals surface area (Å²) in [5.74, 6) is -0.801. The molecule has 1 N–H and O–H groups in total. The molecule has 29 heavy (non-hydrogen) atoms. The maximum Gasteiger partial charge on any atom is 0.416 e. The van der Waals surface area contributed by atoms with Crippen molar-refractivity contribution in [2.75, 3.05) is 33.3 Å². The molecular formula is C19H18F3NO6. The first kappa shape index (κ1) is 21.9. The monoisotopic (exact) mass is 413 g/mol. The van der Waals surface area contributed by atoms with Crippen molar-refractivity contribution in [2.45, 2.75) is 6.18 Å². The third-order valence-corrected chi connectivity index (χ3v) is 3.73. The molecule has 0 bridgehead atoms. The highest BCUT2D eigenvalue weighted by Crippen LogP contribution is 2.38. The lowest BCUT2D eigenvalue weighted by Crippen LogP contribution is -2.21. The van der Waals surface area contributed by atoms with Crippen LogP contribution in [0, 0.1) is 0 Å². The minimum Gasteiger partial charge on any atom is -0.493 e. The average molecular weight is 413 g/mol. The molecule has 0 aromatic heterocycles. The molecule has 0 radical (unpaired) electrons. The number of methoxy groups -OCH3 is 3. The summed E-state index contributed by atoms with van der Waals surface area (Å²) in [5.41, 5.74) is -0.655. The number of carbonyl (C=O) groups excluding carboxylic acids is 2. The standard InChI is InChI=1S/C19H18F3NO6/c1-26-14-8-11(9-15(27-2)17(14)28-3)18(25)29-10-16(24)23-13-6-4-12(5-7-13)19(20,21)22/h4-9H,10H2,1-3H3,(H,23,24). The Kier molecular flexibility index (Phi) is 6.92. The van der Waals surface area contributed by atoms with Crippen LogP contribution in [-0.2, 0) is 15.7 Å². The van der Waals surface area contributed by atoms with Gasteiger partial charge in [0.15, 0.2) is 18.1 Å². The molecule has 10 heteroatoms. The molecule has 2 rings (SSSR count). The summed E-state index contributed by atoms with van der Waals surface area (Å²) < 4.78 is 58.0. The van der Waals surface area contributed by atoms with Crippen LogP contribution in [0.1, 0.15) is 15.9 Å². The number of anilines is 1. The van der Waals surface area contributed by atoms with Gasteiger partial charge in [0.25, 0.3) is 5.91 Å². The molecule has 2 aromatic rings. The Morgan fingerprint density at radius 2 is 1.48 bits per heavy atom. The van der Waals surface area contributed by atoms with Crippen molar-refractivity contribution in [1.29, 1.82) is 0 Å². The average Bonchev–Trinajstić information content (AvgIpc) is 2.70. The number of carbonyl (C=O) groups is 2. The zero-order chi connectivity index (χ0) is 21.6. The summed E-state index contributed by atoms with van der Waals surface area (Å²) in [7, 11) is 4.16. The Bertz CT molecular complexity index is 855. The normalized spacial score (nSPS) is 10.8. The van der Waals surface area contributed by atoms with Gasteiger partial charge in [0, 0.05) is 5.69 Å². The summed E-state index contributed by atoms with van der Waals surface area (Å²) >= 11 is 0. The molecule has 1 amide bonds. The van der Waals surface area contributed by atoms with E-state index in [1.807, 2.05) is 0 Å². The zero-order valence-corrected chi connectivity index (χ0v) is 15.8. The lowest BCUT2D eigenvalue weighted by Gasteiger charge is -2.14. The summed E-state index contributed by atoms with van der Waals surface area (Å²) in [4.78, 5) is 24.1. The van der Waals surface area contributed by atoms with Gasteiger partial charge < -0.3 is 24.3 Å². The lowest BCUT2D eigenvalue weighted by molar-refractivity contribution is -0.137. The van der Waals surface area contributed by atoms with Gasteiger partial charge in [-0.25, -0.2) is 4.79 Å². The van der Waals surface area contributed by atoms with Crippen molar-refractivity contribution < 1.29 is 41.7 Å². The molecule has 156 valence electrons. The van der Waals surface area contributed by atoms with Crippen LogP contribution in [0.2, 0.25) is 0 Å². The van der Waals surface area contributed by atoms with E-state index in [0.717, 1.165) is 24.3 Å². The summed E-state index contributed by atoms with van der Waals surface area (Å²) in [6.07, 6.45) is -4.47. The van der Waals surface area contributed by atoms with Crippen LogP contribution >= 0.6 is 0 Å². The molecule has 0 saturated carbocycles. The van der Waals surface area contributed by atoms with Crippen molar-refractivity contribution in [3.63, 3.8) is 0 Å². The lowest BCUT2D eigenvalue weighted by atomic mass is 10.2. The molecule has 0 atom stereocenters. The van der Waals surface area contributed by atoms with Gasteiger partial charge in [-0.3, -0.25) is 4.79 Å². The Morgan fingerprint density at radius 3 is 1.93 bits per heavy atom. The maximum atomic E-state index is 12.5. The fraction of sp³-hybridized carbons (Fsp3) is 0.263. The van der Waals surface area contributed by atoms with Gasteiger partial charge >= 0.3 is 12.1 Å². The molecule has 0 spiro atoms. The number of hydrogen-bond donors (Lipinski definition) is 1. The van der Waals surface area contributed by atoms with E-state index in [2.05, 4.69) is 5.32 Å². The highest BCUT2D eigenvalue weighted by molar-refractivity contribution is 5.96. The number of hydrogen-bond acceptors (Lipinski definition) is 6. The van der Waals surface area contributed by atoms with E-state index >= 15 is 0 Å². The first-order chi connectivity index (χ1) is 13.7. The first-order valence-electron chi connectivity index (χ1n) is 8.13. The van der Waals surface area contributed by atoms with E-state index < -0.39 is 30.2 Å². The van der Waals surface area contributed by atoms with E-state index in [1.165, 1.54) is 33.5 Å². The fourth-order valence-corrected chi connectivity index (χ4v) is 2.35. The number of ether oxygens (including phenoxy) is 4. The third-order valence-electron chi connectivity index (χ3n) is 3.73. The highest BCUT2D eigenvalue weighted by Gasteiger charge is 2.30. The first-order valence-corrected chi connectivity index (χ1v) is 8.13. The van der Waals surface area contributed by atoms with E-state index in [0.29, 0.717) is 0 Å². The molecule has 7 nitrogen and oxygen atoms in total. The van der Waals surface area contributed by atoms with Crippen molar-refractivity contribution in [3.05, 3.63) is 47.5 Å². The van der Waals surface area contributed by atoms with Gasteiger partial charge in [-0.15, -0.1) is 0 Å². The largest absolute Gasteiger partial charge is 0.493 e. The molecular weight excluding hydrogens is 395 g/mol. The second-order valence-corrected chi connectivity index (χ2v) is 5.61. The minimum atomic E-state index is -4.47. The smallest absolute Gasteiger partial charge is 0.416 e. The van der Waals surface area contributed by atoms with E-state index in [4.69, 9.17) is 18.9 Å². The number of alkyl halides is 3. The predicted octanol–water partition coefficient (Wildman–Crippen LogP) is 3.53. The third kappa shape index (κ3) is 5.53. The quantitative estimate of drug-likeness (QED) is 0.700. The van der Waals surface area contributed by atoms with Gasteiger partial charge in [-0.2, -0.15) is 13.2 Å². The maximum absolute atomic E-state index is 12.5. The van der Waals surface area contributed by atoms with Crippen molar-refractivity contribution in [2.24, 2.45) is 0 Å². The van der Waals surface area contributed by atoms with Gasteiger partial charge in [0.2, 0.25) is 5.75 Å². The van der Waals surface area contributed by atoms with Crippen LogP contribution < -0.4 is 19.5 Å². The predicted molar refractivity (Wildman–Crippen MR) is 96.5 cm³/mol. The van der Waals surface area contributed by atoms with Crippen molar-refractivity contribution in [1.82, 2.24) is 0 Å². The highest BCUT2D eigenvalue weighted by atomic mass is 19.4. The number of rotatable bonds is 7. The number of esters is 1. The zero-order valence-electron chi connectivity index (χ0n) is 15.8. The second kappa shape index (κ2) is 9.18. The van der Waals surface area contributed by atoms with E-state index in [-0.39, 0.29) is 28.5 Å². The van der Waals surface area contributed by atoms with E-state index in [1.54, 1.807) is 0 Å². The SMILES string of the molecule is COc1cc(C(=O)OCC(=O)Nc2ccc(C(F)(F)F)cc2)cc(OC)c1OC. The van der Waals surface area contributed by atoms with Crippen LogP contribution in [0.4, 0.5) is 18.9 Å². The van der Waals surface area contributed by atoms with Crippen LogP contribution in [-0.4, -0.2) is 39.8 Å². The molecule has 0 aliphatic rings. The van der Waals surface area contributed by atoms with Gasteiger partial charge in [-0.1, -0.05) is 0 Å². The van der Waals surface area contributed by atoms with Gasteiger partial charge in [0.1, 0.15) is 0 Å². The molecule has 0 fully saturated rings. The van der Waals surface area contributed by atoms with Crippen LogP contribution in [0.3, 0.4) is 0 Å². The second-order valence-electron chi connectivity index (χ2n) is 5.61. The summed E-state index contributed by atoms with van der Waals surface area (Å²) in [5, 5.41) is 2.34.